The van der Waals surface area contributed by atoms with Gasteiger partial charge in [-0.3, -0.25) is 10.1 Å². The normalized spacial score (nSPS) is 10.9. The predicted octanol–water partition coefficient (Wildman–Crippen LogP) is 3.53. The van der Waals surface area contributed by atoms with E-state index in [0.29, 0.717) is 18.1 Å². The monoisotopic (exact) mass is 489 g/mol. The van der Waals surface area contributed by atoms with Gasteiger partial charge in [0.25, 0.3) is 5.69 Å². The van der Waals surface area contributed by atoms with Gasteiger partial charge >= 0.3 is 0 Å². The Labute approximate surface area is 174 Å². The van der Waals surface area contributed by atoms with E-state index in [0.717, 1.165) is 24.4 Å². The van der Waals surface area contributed by atoms with Crippen LogP contribution in [0.1, 0.15) is 29.3 Å². The molecule has 1 aromatic heterocycles. The van der Waals surface area contributed by atoms with E-state index < -0.39 is 0 Å². The van der Waals surface area contributed by atoms with Gasteiger partial charge in [0.2, 0.25) is 0 Å². The number of aryl methyl sites for hydroxylation is 1. The van der Waals surface area contributed by atoms with Crippen LogP contribution in [0.15, 0.2) is 35.5 Å². The van der Waals surface area contributed by atoms with E-state index in [1.165, 1.54) is 10.9 Å². The molecule has 0 aliphatic heterocycles. The maximum atomic E-state index is 11.1. The zero-order chi connectivity index (χ0) is 18.1. The predicted molar refractivity (Wildman–Crippen MR) is 117 cm³/mol. The summed E-state index contributed by atoms with van der Waals surface area (Å²) < 4.78 is 0. The van der Waals surface area contributed by atoms with Crippen LogP contribution >= 0.6 is 35.3 Å². The lowest BCUT2D eigenvalue weighted by Crippen LogP contribution is -2.38. The Bertz CT molecular complexity index is 735. The summed E-state index contributed by atoms with van der Waals surface area (Å²) in [6, 6.07) is 6.67. The van der Waals surface area contributed by atoms with Crippen LogP contribution in [-0.4, -0.2) is 29.0 Å². The Balaban J connectivity index is 0.00000338. The summed E-state index contributed by atoms with van der Waals surface area (Å²) >= 11 is 1.73. The average molecular weight is 489 g/mol. The minimum atomic E-state index is -0.376. The minimum Gasteiger partial charge on any atom is -0.357 e. The first-order valence-corrected chi connectivity index (χ1v) is 9.13. The van der Waals surface area contributed by atoms with Crippen LogP contribution in [0.2, 0.25) is 0 Å². The first kappa shape index (κ1) is 22.3. The molecule has 0 amide bonds. The first-order chi connectivity index (χ1) is 12.1. The smallest absolute Gasteiger partial charge is 0.274 e. The molecule has 0 aliphatic rings. The number of nitrogens with zero attached hydrogens (tertiary/aromatic N) is 3. The number of para-hydroxylation sites is 1. The van der Waals surface area contributed by atoms with Crippen molar-refractivity contribution >= 4 is 47.0 Å². The summed E-state index contributed by atoms with van der Waals surface area (Å²) in [6.45, 7) is 5.79. The molecular weight excluding hydrogens is 465 g/mol. The van der Waals surface area contributed by atoms with Crippen LogP contribution in [0.3, 0.4) is 0 Å². The fourth-order valence-corrected chi connectivity index (χ4v) is 3.11. The molecule has 2 rings (SSSR count). The molecule has 0 saturated carbocycles. The maximum absolute atomic E-state index is 11.1. The summed E-state index contributed by atoms with van der Waals surface area (Å²) in [4.78, 5) is 20.8. The van der Waals surface area contributed by atoms with Crippen molar-refractivity contribution in [2.75, 3.05) is 13.1 Å². The maximum Gasteiger partial charge on any atom is 0.274 e. The van der Waals surface area contributed by atoms with Gasteiger partial charge in [-0.25, -0.2) is 9.98 Å². The van der Waals surface area contributed by atoms with Crippen LogP contribution < -0.4 is 10.6 Å². The second-order valence-corrected chi connectivity index (χ2v) is 6.53. The van der Waals surface area contributed by atoms with Gasteiger partial charge in [0.15, 0.2) is 5.96 Å². The van der Waals surface area contributed by atoms with Gasteiger partial charge < -0.3 is 10.6 Å². The van der Waals surface area contributed by atoms with Crippen molar-refractivity contribution in [3.63, 3.8) is 0 Å². The second-order valence-electron chi connectivity index (χ2n) is 5.33. The molecule has 9 heteroatoms. The summed E-state index contributed by atoms with van der Waals surface area (Å²) in [7, 11) is 0. The molecular formula is C17H24IN5O2S. The number of nitrogens with one attached hydrogen (secondary N) is 2. The Morgan fingerprint density at radius 2 is 2.08 bits per heavy atom. The largest absolute Gasteiger partial charge is 0.357 e. The van der Waals surface area contributed by atoms with E-state index in [4.69, 9.17) is 0 Å². The number of benzene rings is 1. The number of nitro groups is 1. The van der Waals surface area contributed by atoms with Crippen molar-refractivity contribution < 1.29 is 4.92 Å². The highest BCUT2D eigenvalue weighted by molar-refractivity contribution is 14.0. The Hall–Kier alpha value is -1.75. The lowest BCUT2D eigenvalue weighted by atomic mass is 10.2. The molecule has 0 atom stereocenters. The number of hydrogen-bond donors (Lipinski definition) is 2. The standard InChI is InChI=1S/C17H23N5O2S.HI/c1-3-14-12-20-16(25-14)9-10-19-17(18-4-2)21-11-13-7-5-6-8-15(13)22(23)24;/h5-8,12H,3-4,9-11H2,1-2H3,(H2,18,19,21);1H. The van der Waals surface area contributed by atoms with E-state index in [1.54, 1.807) is 29.5 Å². The Morgan fingerprint density at radius 3 is 2.73 bits per heavy atom. The first-order valence-electron chi connectivity index (χ1n) is 8.32. The van der Waals surface area contributed by atoms with Gasteiger partial charge in [-0.05, 0) is 13.3 Å². The van der Waals surface area contributed by atoms with Crippen molar-refractivity contribution in [3.8, 4) is 0 Å². The van der Waals surface area contributed by atoms with Gasteiger partial charge in [-0.15, -0.1) is 35.3 Å². The van der Waals surface area contributed by atoms with Crippen molar-refractivity contribution in [1.82, 2.24) is 15.6 Å². The number of thiazole rings is 1. The quantitative estimate of drug-likeness (QED) is 0.195. The Morgan fingerprint density at radius 1 is 1.31 bits per heavy atom. The molecule has 0 aliphatic carbocycles. The molecule has 0 unspecified atom stereocenters. The van der Waals surface area contributed by atoms with E-state index in [1.807, 2.05) is 13.1 Å². The number of hydrogen-bond acceptors (Lipinski definition) is 5. The van der Waals surface area contributed by atoms with Crippen molar-refractivity contribution in [1.29, 1.82) is 0 Å². The molecule has 0 spiro atoms. The molecule has 2 N–H and O–H groups in total. The van der Waals surface area contributed by atoms with Crippen LogP contribution in [0, 0.1) is 10.1 Å². The second kappa shape index (κ2) is 11.8. The van der Waals surface area contributed by atoms with E-state index >= 15 is 0 Å². The third kappa shape index (κ3) is 6.87. The highest BCUT2D eigenvalue weighted by Gasteiger charge is 2.11. The molecule has 1 aromatic carbocycles. The zero-order valence-electron chi connectivity index (χ0n) is 14.9. The van der Waals surface area contributed by atoms with Crippen LogP contribution in [0.5, 0.6) is 0 Å². The lowest BCUT2D eigenvalue weighted by molar-refractivity contribution is -0.385. The van der Waals surface area contributed by atoms with Crippen LogP contribution in [0.25, 0.3) is 0 Å². The fourth-order valence-electron chi connectivity index (χ4n) is 2.24. The third-order valence-electron chi connectivity index (χ3n) is 3.52. The van der Waals surface area contributed by atoms with Gasteiger partial charge in [-0.1, -0.05) is 25.1 Å². The highest BCUT2D eigenvalue weighted by atomic mass is 127. The van der Waals surface area contributed by atoms with E-state index in [9.17, 15) is 10.1 Å². The number of rotatable bonds is 8. The number of aromatic nitrogens is 1. The Kier molecular flexibility index (Phi) is 10.1. The SMILES string of the molecule is CCNC(=NCc1ccccc1[N+](=O)[O-])NCCc1ncc(CC)s1.I. The molecule has 7 nitrogen and oxygen atoms in total. The van der Waals surface area contributed by atoms with Gasteiger partial charge in [-0.2, -0.15) is 0 Å². The molecule has 26 heavy (non-hydrogen) atoms. The van der Waals surface area contributed by atoms with E-state index in [2.05, 4.69) is 27.5 Å². The van der Waals surface area contributed by atoms with Crippen molar-refractivity contribution in [2.24, 2.45) is 4.99 Å². The average Bonchev–Trinajstić information content (AvgIpc) is 3.08. The molecule has 0 bridgehead atoms. The van der Waals surface area contributed by atoms with Crippen LogP contribution in [0.4, 0.5) is 5.69 Å². The van der Waals surface area contributed by atoms with Gasteiger partial charge in [0.1, 0.15) is 0 Å². The number of aliphatic imine (C=N–C) groups is 1. The molecule has 142 valence electrons. The molecule has 0 fully saturated rings. The zero-order valence-corrected chi connectivity index (χ0v) is 18.0. The molecule has 2 aromatic rings. The van der Waals surface area contributed by atoms with E-state index in [-0.39, 0.29) is 41.1 Å². The van der Waals surface area contributed by atoms with Gasteiger partial charge in [0.05, 0.1) is 22.0 Å². The number of nitro benzene ring substituents is 1. The fraction of sp³-hybridized carbons (Fsp3) is 0.412. The molecule has 0 radical (unpaired) electrons. The number of guanidine groups is 1. The summed E-state index contributed by atoms with van der Waals surface area (Å²) in [6.07, 6.45) is 3.75. The highest BCUT2D eigenvalue weighted by Crippen LogP contribution is 2.18. The summed E-state index contributed by atoms with van der Waals surface area (Å²) in [5, 5.41) is 18.6. The molecule has 0 saturated heterocycles. The third-order valence-corrected chi connectivity index (χ3v) is 4.72. The van der Waals surface area contributed by atoms with Crippen molar-refractivity contribution in [3.05, 3.63) is 56.0 Å². The lowest BCUT2D eigenvalue weighted by Gasteiger charge is -2.10. The van der Waals surface area contributed by atoms with Crippen molar-refractivity contribution in [2.45, 2.75) is 33.2 Å². The molecule has 1 heterocycles. The van der Waals surface area contributed by atoms with Crippen LogP contribution in [-0.2, 0) is 19.4 Å². The number of halogens is 1. The summed E-state index contributed by atoms with van der Waals surface area (Å²) in [5.74, 6) is 0.646. The van der Waals surface area contributed by atoms with Gasteiger partial charge in [0, 0.05) is 36.7 Å². The summed E-state index contributed by atoms with van der Waals surface area (Å²) in [5.41, 5.74) is 0.689. The topological polar surface area (TPSA) is 92.5 Å². The minimum absolute atomic E-state index is 0.